The summed E-state index contributed by atoms with van der Waals surface area (Å²) in [5.74, 6) is 0.0730. The van der Waals surface area contributed by atoms with Crippen molar-refractivity contribution in [3.8, 4) is 11.4 Å². The number of ether oxygens (including phenoxy) is 2. The number of carbonyl (C=O) groups excluding carboxylic acids is 1. The van der Waals surface area contributed by atoms with Gasteiger partial charge in [-0.2, -0.15) is 0 Å². The Labute approximate surface area is 212 Å². The number of esters is 1. The molecule has 0 bridgehead atoms. The molecule has 0 aliphatic rings. The van der Waals surface area contributed by atoms with Crippen molar-refractivity contribution in [2.24, 2.45) is 18.9 Å². The summed E-state index contributed by atoms with van der Waals surface area (Å²) in [5.41, 5.74) is 4.30. The minimum Gasteiger partial charge on any atom is -0.465 e. The summed E-state index contributed by atoms with van der Waals surface area (Å²) in [5, 5.41) is 10.2. The van der Waals surface area contributed by atoms with Crippen LogP contribution in [0.3, 0.4) is 0 Å². The average molecular weight is 498 g/mol. The third kappa shape index (κ3) is 6.23. The number of imidazole rings is 1. The maximum absolute atomic E-state index is 12.5. The van der Waals surface area contributed by atoms with Crippen LogP contribution in [-0.4, -0.2) is 51.6 Å². The second-order valence-corrected chi connectivity index (χ2v) is 10.2. The van der Waals surface area contributed by atoms with Crippen LogP contribution in [0.1, 0.15) is 51.3 Å². The number of aliphatic hydroxyl groups excluding tert-OH is 1. The Balaban J connectivity index is 1.95. The van der Waals surface area contributed by atoms with E-state index in [9.17, 15) is 14.7 Å². The molecule has 3 rings (SSSR count). The van der Waals surface area contributed by atoms with Gasteiger partial charge in [0, 0.05) is 31.5 Å². The van der Waals surface area contributed by atoms with E-state index in [1.165, 1.54) is 0 Å². The van der Waals surface area contributed by atoms with Crippen LogP contribution in [-0.2, 0) is 27.7 Å². The van der Waals surface area contributed by atoms with Crippen molar-refractivity contribution in [2.75, 3.05) is 20.3 Å². The van der Waals surface area contributed by atoms with Gasteiger partial charge < -0.3 is 23.7 Å². The first-order valence-corrected chi connectivity index (χ1v) is 12.6. The van der Waals surface area contributed by atoms with E-state index in [2.05, 4.69) is 11.5 Å². The molecule has 1 N–H and O–H groups in total. The molecule has 2 heterocycles. The molecule has 0 aliphatic carbocycles. The Bertz CT molecular complexity index is 1230. The molecule has 36 heavy (non-hydrogen) atoms. The van der Waals surface area contributed by atoms with Crippen molar-refractivity contribution in [2.45, 2.75) is 59.6 Å². The van der Waals surface area contributed by atoms with Crippen molar-refractivity contribution in [3.05, 3.63) is 51.9 Å². The molecule has 1 aromatic carbocycles. The number of benzene rings is 1. The number of hydrogen-bond donors (Lipinski definition) is 1. The number of aliphatic hydroxyl groups is 1. The molecule has 0 amide bonds. The van der Waals surface area contributed by atoms with Crippen molar-refractivity contribution < 1.29 is 19.4 Å². The highest BCUT2D eigenvalue weighted by Gasteiger charge is 2.26. The molecular formula is C28H39N3O5. The lowest BCUT2D eigenvalue weighted by molar-refractivity contribution is -0.153. The molecular weight excluding hydrogens is 458 g/mol. The lowest BCUT2D eigenvalue weighted by Gasteiger charge is -2.19. The van der Waals surface area contributed by atoms with Crippen LogP contribution in [0.2, 0.25) is 0 Å². The third-order valence-electron chi connectivity index (χ3n) is 6.41. The SMILES string of the molecule is COC[C@@H](C)n1c(-c2cc(C)c(=O)n(C)c2)nc2cc(CC[C@H](C(=O)OCC(C)C)[C@@H](C)O)ccc21. The zero-order valence-electron chi connectivity index (χ0n) is 22.4. The predicted molar refractivity (Wildman–Crippen MR) is 141 cm³/mol. The van der Waals surface area contributed by atoms with Crippen molar-refractivity contribution in [1.82, 2.24) is 14.1 Å². The minimum atomic E-state index is -0.790. The van der Waals surface area contributed by atoms with Crippen LogP contribution >= 0.6 is 0 Å². The van der Waals surface area contributed by atoms with Crippen LogP contribution in [0, 0.1) is 18.8 Å². The zero-order chi connectivity index (χ0) is 26.6. The number of nitrogens with zero attached hydrogens (tertiary/aromatic N) is 3. The summed E-state index contributed by atoms with van der Waals surface area (Å²) >= 11 is 0. The number of aryl methyl sites for hydroxylation is 3. The Morgan fingerprint density at radius 1 is 1.14 bits per heavy atom. The number of hydrogen-bond acceptors (Lipinski definition) is 6. The summed E-state index contributed by atoms with van der Waals surface area (Å²) in [7, 11) is 3.42. The molecule has 196 valence electrons. The first-order valence-electron chi connectivity index (χ1n) is 12.6. The molecule has 0 radical (unpaired) electrons. The van der Waals surface area contributed by atoms with Gasteiger partial charge in [0.15, 0.2) is 0 Å². The highest BCUT2D eigenvalue weighted by molar-refractivity contribution is 5.81. The molecule has 0 aliphatic heterocycles. The molecule has 2 aromatic heterocycles. The molecule has 3 aromatic rings. The van der Waals surface area contributed by atoms with E-state index in [0.29, 0.717) is 31.6 Å². The van der Waals surface area contributed by atoms with Crippen LogP contribution in [0.4, 0.5) is 0 Å². The van der Waals surface area contributed by atoms with E-state index >= 15 is 0 Å². The van der Waals surface area contributed by atoms with E-state index in [0.717, 1.165) is 28.0 Å². The Hall–Kier alpha value is -2.97. The van der Waals surface area contributed by atoms with Crippen LogP contribution in [0.25, 0.3) is 22.4 Å². The van der Waals surface area contributed by atoms with Gasteiger partial charge in [0.05, 0.1) is 42.3 Å². The van der Waals surface area contributed by atoms with Crippen molar-refractivity contribution >= 4 is 17.0 Å². The van der Waals surface area contributed by atoms with Crippen LogP contribution in [0.5, 0.6) is 0 Å². The lowest BCUT2D eigenvalue weighted by atomic mass is 9.95. The quantitative estimate of drug-likeness (QED) is 0.402. The summed E-state index contributed by atoms with van der Waals surface area (Å²) < 4.78 is 14.5. The van der Waals surface area contributed by atoms with Crippen molar-refractivity contribution in [3.63, 3.8) is 0 Å². The normalized spacial score (nSPS) is 14.2. The number of aromatic nitrogens is 3. The fraction of sp³-hybridized carbons (Fsp3) is 0.536. The Morgan fingerprint density at radius 3 is 2.47 bits per heavy atom. The summed E-state index contributed by atoms with van der Waals surface area (Å²) in [6.45, 7) is 10.3. The number of pyridine rings is 1. The summed E-state index contributed by atoms with van der Waals surface area (Å²) in [6.07, 6.45) is 2.11. The molecule has 8 nitrogen and oxygen atoms in total. The van der Waals surface area contributed by atoms with Gasteiger partial charge in [0.1, 0.15) is 5.82 Å². The topological polar surface area (TPSA) is 95.6 Å². The van der Waals surface area contributed by atoms with Crippen molar-refractivity contribution in [1.29, 1.82) is 0 Å². The second-order valence-electron chi connectivity index (χ2n) is 10.2. The minimum absolute atomic E-state index is 0.0220. The van der Waals surface area contributed by atoms with Gasteiger partial charge in [-0.05, 0) is 63.3 Å². The fourth-order valence-electron chi connectivity index (χ4n) is 4.50. The van der Waals surface area contributed by atoms with E-state index in [-0.39, 0.29) is 23.5 Å². The van der Waals surface area contributed by atoms with E-state index in [4.69, 9.17) is 14.5 Å². The second kappa shape index (κ2) is 11.8. The standard InChI is InChI=1S/C28H39N3O5/c1-17(2)15-36-28(34)23(20(5)32)10-8-21-9-11-25-24(13-21)29-26(31(25)19(4)16-35-7)22-12-18(3)27(33)30(6)14-22/h9,11-14,17,19-20,23,32H,8,10,15-16H2,1-7H3/t19-,20-,23+/m1/s1. The maximum Gasteiger partial charge on any atom is 0.311 e. The van der Waals surface area contributed by atoms with Crippen LogP contribution in [0.15, 0.2) is 35.3 Å². The first-order chi connectivity index (χ1) is 17.0. The first kappa shape index (κ1) is 27.6. The van der Waals surface area contributed by atoms with Gasteiger partial charge in [-0.25, -0.2) is 4.98 Å². The number of carbonyl (C=O) groups is 1. The number of methoxy groups -OCH3 is 1. The Morgan fingerprint density at radius 2 is 1.86 bits per heavy atom. The van der Waals surface area contributed by atoms with Gasteiger partial charge in [0.2, 0.25) is 0 Å². The highest BCUT2D eigenvalue weighted by Crippen LogP contribution is 2.30. The van der Waals surface area contributed by atoms with Gasteiger partial charge in [0.25, 0.3) is 5.56 Å². The molecule has 0 saturated carbocycles. The monoisotopic (exact) mass is 497 g/mol. The van der Waals surface area contributed by atoms with E-state index in [1.807, 2.05) is 44.3 Å². The smallest absolute Gasteiger partial charge is 0.311 e. The predicted octanol–water partition coefficient (Wildman–Crippen LogP) is 4.05. The maximum atomic E-state index is 12.5. The van der Waals surface area contributed by atoms with E-state index < -0.39 is 12.0 Å². The van der Waals surface area contributed by atoms with E-state index in [1.54, 1.807) is 32.6 Å². The number of rotatable bonds is 11. The van der Waals surface area contributed by atoms with Crippen LogP contribution < -0.4 is 5.56 Å². The number of fused-ring (bicyclic) bond motifs is 1. The zero-order valence-corrected chi connectivity index (χ0v) is 22.4. The third-order valence-corrected chi connectivity index (χ3v) is 6.41. The molecule has 0 fully saturated rings. The van der Waals surface area contributed by atoms with Gasteiger partial charge in [-0.1, -0.05) is 19.9 Å². The fourth-order valence-corrected chi connectivity index (χ4v) is 4.50. The van der Waals surface area contributed by atoms with Gasteiger partial charge >= 0.3 is 5.97 Å². The summed E-state index contributed by atoms with van der Waals surface area (Å²) in [6, 6.07) is 8.00. The average Bonchev–Trinajstić information content (AvgIpc) is 3.20. The molecule has 3 atom stereocenters. The van der Waals surface area contributed by atoms with Gasteiger partial charge in [-0.3, -0.25) is 9.59 Å². The Kier molecular flexibility index (Phi) is 9.08. The summed E-state index contributed by atoms with van der Waals surface area (Å²) in [4.78, 5) is 29.7. The largest absolute Gasteiger partial charge is 0.465 e. The molecule has 0 unspecified atom stereocenters. The molecule has 0 saturated heterocycles. The molecule has 8 heteroatoms. The lowest BCUT2D eigenvalue weighted by Crippen LogP contribution is -2.29. The highest BCUT2D eigenvalue weighted by atomic mass is 16.5. The molecule has 0 spiro atoms. The van der Waals surface area contributed by atoms with Gasteiger partial charge in [-0.15, -0.1) is 0 Å².